The van der Waals surface area contributed by atoms with Gasteiger partial charge in [0.1, 0.15) is 6.04 Å². The molecule has 1 atom stereocenters. The van der Waals surface area contributed by atoms with E-state index in [2.05, 4.69) is 26.6 Å². The van der Waals surface area contributed by atoms with Crippen LogP contribution in [0.4, 0.5) is 10.5 Å². The van der Waals surface area contributed by atoms with Gasteiger partial charge in [-0.25, -0.2) is 4.79 Å². The van der Waals surface area contributed by atoms with E-state index in [1.807, 2.05) is 26.0 Å². The van der Waals surface area contributed by atoms with Gasteiger partial charge in [0.25, 0.3) is 0 Å². The maximum atomic E-state index is 11.5. The summed E-state index contributed by atoms with van der Waals surface area (Å²) < 4.78 is 0.993. The Morgan fingerprint density at radius 3 is 2.22 bits per heavy atom. The second kappa shape index (κ2) is 5.86. The van der Waals surface area contributed by atoms with E-state index in [0.29, 0.717) is 5.69 Å². The van der Waals surface area contributed by atoms with Gasteiger partial charge in [-0.05, 0) is 44.0 Å². The number of aliphatic carboxylic acids is 1. The SMILES string of the molecule is Cc1cc(NC(=O)N[C@H](C)C(=O)O)cc(C)c1Br. The van der Waals surface area contributed by atoms with Crippen LogP contribution in [0.1, 0.15) is 18.1 Å². The van der Waals surface area contributed by atoms with Crippen molar-refractivity contribution in [2.45, 2.75) is 26.8 Å². The van der Waals surface area contributed by atoms with E-state index in [1.54, 1.807) is 0 Å². The van der Waals surface area contributed by atoms with Crippen LogP contribution >= 0.6 is 15.9 Å². The summed E-state index contributed by atoms with van der Waals surface area (Å²) in [5.41, 5.74) is 2.62. The molecular weight excluding hydrogens is 300 g/mol. The van der Waals surface area contributed by atoms with Crippen molar-refractivity contribution < 1.29 is 14.7 Å². The highest BCUT2D eigenvalue weighted by molar-refractivity contribution is 9.10. The number of benzene rings is 1. The van der Waals surface area contributed by atoms with Crippen molar-refractivity contribution in [3.8, 4) is 0 Å². The number of nitrogens with one attached hydrogen (secondary N) is 2. The molecule has 6 heteroatoms. The van der Waals surface area contributed by atoms with Crippen molar-refractivity contribution in [3.05, 3.63) is 27.7 Å². The van der Waals surface area contributed by atoms with E-state index in [1.165, 1.54) is 6.92 Å². The minimum Gasteiger partial charge on any atom is -0.480 e. The third-order valence-electron chi connectivity index (χ3n) is 2.41. The number of amides is 2. The minimum absolute atomic E-state index is 0.536. The second-order valence-corrected chi connectivity index (χ2v) is 4.88. The molecule has 0 unspecified atom stereocenters. The van der Waals surface area contributed by atoms with Crippen LogP contribution in [0.5, 0.6) is 0 Å². The number of halogens is 1. The number of carboxylic acid groups (broad SMARTS) is 1. The zero-order valence-corrected chi connectivity index (χ0v) is 12.0. The first-order chi connectivity index (χ1) is 8.31. The van der Waals surface area contributed by atoms with Crippen LogP contribution in [-0.2, 0) is 4.79 Å². The fourth-order valence-electron chi connectivity index (χ4n) is 1.44. The fraction of sp³-hybridized carbons (Fsp3) is 0.333. The molecule has 0 saturated carbocycles. The van der Waals surface area contributed by atoms with Crippen molar-refractivity contribution >= 4 is 33.6 Å². The summed E-state index contributed by atoms with van der Waals surface area (Å²) in [7, 11) is 0. The maximum Gasteiger partial charge on any atom is 0.325 e. The molecule has 1 aromatic carbocycles. The second-order valence-electron chi connectivity index (χ2n) is 4.08. The summed E-state index contributed by atoms with van der Waals surface area (Å²) in [5.74, 6) is -1.08. The number of aryl methyl sites for hydroxylation is 2. The quantitative estimate of drug-likeness (QED) is 0.802. The first-order valence-corrected chi connectivity index (χ1v) is 6.17. The summed E-state index contributed by atoms with van der Waals surface area (Å²) in [6.45, 7) is 5.24. The van der Waals surface area contributed by atoms with Crippen LogP contribution in [0.3, 0.4) is 0 Å². The number of hydrogen-bond donors (Lipinski definition) is 3. The Morgan fingerprint density at radius 2 is 1.78 bits per heavy atom. The highest BCUT2D eigenvalue weighted by Gasteiger charge is 2.14. The number of anilines is 1. The van der Waals surface area contributed by atoms with E-state index in [-0.39, 0.29) is 0 Å². The van der Waals surface area contributed by atoms with Gasteiger partial charge >= 0.3 is 12.0 Å². The topological polar surface area (TPSA) is 78.4 Å². The van der Waals surface area contributed by atoms with Crippen LogP contribution in [0.25, 0.3) is 0 Å². The number of rotatable bonds is 3. The molecule has 3 N–H and O–H groups in total. The monoisotopic (exact) mass is 314 g/mol. The van der Waals surface area contributed by atoms with Crippen molar-refractivity contribution in [2.24, 2.45) is 0 Å². The Balaban J connectivity index is 2.74. The fourth-order valence-corrected chi connectivity index (χ4v) is 1.67. The molecule has 0 heterocycles. The lowest BCUT2D eigenvalue weighted by molar-refractivity contribution is -0.138. The highest BCUT2D eigenvalue weighted by atomic mass is 79.9. The van der Waals surface area contributed by atoms with Crippen molar-refractivity contribution in [1.29, 1.82) is 0 Å². The predicted molar refractivity (Wildman–Crippen MR) is 72.9 cm³/mol. The van der Waals surface area contributed by atoms with E-state index >= 15 is 0 Å². The molecule has 5 nitrogen and oxygen atoms in total. The summed E-state index contributed by atoms with van der Waals surface area (Å²) in [6.07, 6.45) is 0. The third-order valence-corrected chi connectivity index (χ3v) is 3.66. The van der Waals surface area contributed by atoms with E-state index in [0.717, 1.165) is 15.6 Å². The van der Waals surface area contributed by atoms with Gasteiger partial charge in [-0.15, -0.1) is 0 Å². The highest BCUT2D eigenvalue weighted by Crippen LogP contribution is 2.24. The van der Waals surface area contributed by atoms with Gasteiger partial charge in [-0.1, -0.05) is 15.9 Å². The molecule has 0 aromatic heterocycles. The Hall–Kier alpha value is -1.56. The third kappa shape index (κ3) is 3.73. The zero-order chi connectivity index (χ0) is 13.9. The van der Waals surface area contributed by atoms with Gasteiger partial charge in [-0.3, -0.25) is 4.79 Å². The van der Waals surface area contributed by atoms with Crippen molar-refractivity contribution in [1.82, 2.24) is 5.32 Å². The average Bonchev–Trinajstić information content (AvgIpc) is 2.25. The number of carbonyl (C=O) groups excluding carboxylic acids is 1. The Bertz CT molecular complexity index is 465. The smallest absolute Gasteiger partial charge is 0.325 e. The van der Waals surface area contributed by atoms with Gasteiger partial charge in [0.15, 0.2) is 0 Å². The van der Waals surface area contributed by atoms with E-state index < -0.39 is 18.0 Å². The summed E-state index contributed by atoms with van der Waals surface area (Å²) in [5, 5.41) is 13.6. The van der Waals surface area contributed by atoms with Gasteiger partial charge in [-0.2, -0.15) is 0 Å². The Labute approximate surface area is 114 Å². The maximum absolute atomic E-state index is 11.5. The molecule has 0 fully saturated rings. The van der Waals surface area contributed by atoms with E-state index in [4.69, 9.17) is 5.11 Å². The molecule has 18 heavy (non-hydrogen) atoms. The summed E-state index contributed by atoms with van der Waals surface area (Å²) >= 11 is 3.43. The molecule has 0 spiro atoms. The average molecular weight is 315 g/mol. The van der Waals surface area contributed by atoms with Crippen LogP contribution in [-0.4, -0.2) is 23.1 Å². The lowest BCUT2D eigenvalue weighted by Crippen LogP contribution is -2.40. The molecule has 1 rings (SSSR count). The zero-order valence-electron chi connectivity index (χ0n) is 10.4. The number of urea groups is 1. The van der Waals surface area contributed by atoms with Gasteiger partial charge in [0, 0.05) is 10.2 Å². The molecule has 1 aromatic rings. The molecule has 0 aliphatic heterocycles. The van der Waals surface area contributed by atoms with Crippen LogP contribution in [0.15, 0.2) is 16.6 Å². The van der Waals surface area contributed by atoms with Gasteiger partial charge < -0.3 is 15.7 Å². The van der Waals surface area contributed by atoms with Crippen LogP contribution in [0.2, 0.25) is 0 Å². The number of hydrogen-bond acceptors (Lipinski definition) is 2. The number of carboxylic acids is 1. The molecule has 2 amide bonds. The predicted octanol–water partition coefficient (Wildman–Crippen LogP) is 2.66. The minimum atomic E-state index is -1.08. The molecule has 0 radical (unpaired) electrons. The van der Waals surface area contributed by atoms with Gasteiger partial charge in [0.05, 0.1) is 0 Å². The molecule has 0 bridgehead atoms. The normalized spacial score (nSPS) is 11.8. The first-order valence-electron chi connectivity index (χ1n) is 5.38. The molecule has 0 saturated heterocycles. The van der Waals surface area contributed by atoms with Gasteiger partial charge in [0.2, 0.25) is 0 Å². The van der Waals surface area contributed by atoms with Crippen molar-refractivity contribution in [2.75, 3.05) is 5.32 Å². The molecule has 0 aliphatic rings. The Kier molecular flexibility index (Phi) is 4.72. The largest absolute Gasteiger partial charge is 0.480 e. The molecule has 98 valence electrons. The number of carbonyl (C=O) groups is 2. The first kappa shape index (κ1) is 14.5. The molecular formula is C12H15BrN2O3. The lowest BCUT2D eigenvalue weighted by atomic mass is 10.1. The van der Waals surface area contributed by atoms with E-state index in [9.17, 15) is 9.59 Å². The summed E-state index contributed by atoms with van der Waals surface area (Å²) in [4.78, 5) is 22.1. The van der Waals surface area contributed by atoms with Crippen LogP contribution < -0.4 is 10.6 Å². The van der Waals surface area contributed by atoms with Crippen LogP contribution in [0, 0.1) is 13.8 Å². The summed E-state index contributed by atoms with van der Waals surface area (Å²) in [6, 6.07) is 2.15. The Morgan fingerprint density at radius 1 is 1.28 bits per heavy atom. The van der Waals surface area contributed by atoms with Crippen molar-refractivity contribution in [3.63, 3.8) is 0 Å². The molecule has 0 aliphatic carbocycles. The standard InChI is InChI=1S/C12H15BrN2O3/c1-6-4-9(5-7(2)10(6)13)15-12(18)14-8(3)11(16)17/h4-5,8H,1-3H3,(H,16,17)(H2,14,15,18)/t8-/m1/s1. The lowest BCUT2D eigenvalue weighted by Gasteiger charge is -2.12.